The zero-order chi connectivity index (χ0) is 21.4. The lowest BCUT2D eigenvalue weighted by atomic mass is 10.1. The Morgan fingerprint density at radius 1 is 1.16 bits per heavy atom. The summed E-state index contributed by atoms with van der Waals surface area (Å²) in [5.41, 5.74) is 1.65. The Morgan fingerprint density at radius 2 is 2.06 bits per heavy atom. The zero-order valence-corrected chi connectivity index (χ0v) is 18.6. The van der Waals surface area contributed by atoms with Gasteiger partial charge < -0.3 is 15.0 Å². The maximum absolute atomic E-state index is 15.1. The normalized spacial score (nSPS) is 17.2. The maximum atomic E-state index is 15.1. The van der Waals surface area contributed by atoms with E-state index in [1.807, 2.05) is 12.1 Å². The number of hydrogen-bond donors (Lipinski definition) is 1. The Bertz CT molecular complexity index is 1270. The van der Waals surface area contributed by atoms with Gasteiger partial charge >= 0.3 is 0 Å². The first kappa shape index (κ1) is 20.1. The fourth-order valence-corrected chi connectivity index (χ4v) is 4.47. The number of aromatic nitrogens is 3. The molecule has 0 unspecified atom stereocenters. The number of pyridine rings is 1. The molecule has 0 radical (unpaired) electrons. The van der Waals surface area contributed by atoms with Crippen molar-refractivity contribution in [2.75, 3.05) is 25.5 Å². The van der Waals surface area contributed by atoms with Gasteiger partial charge in [-0.05, 0) is 62.8 Å². The monoisotopic (exact) mass is 481 g/mol. The third-order valence-corrected chi connectivity index (χ3v) is 5.97. The zero-order valence-electron chi connectivity index (χ0n) is 17.0. The molecule has 0 saturated carbocycles. The number of halogens is 2. The highest BCUT2D eigenvalue weighted by Gasteiger charge is 2.21. The van der Waals surface area contributed by atoms with E-state index in [1.165, 1.54) is 6.33 Å². The Hall–Kier alpha value is -2.84. The second-order valence-corrected chi connectivity index (χ2v) is 8.70. The van der Waals surface area contributed by atoms with Gasteiger partial charge in [0.05, 0.1) is 22.1 Å². The lowest BCUT2D eigenvalue weighted by Gasteiger charge is -2.30. The highest BCUT2D eigenvalue weighted by atomic mass is 79.9. The second kappa shape index (κ2) is 8.36. The predicted octanol–water partition coefficient (Wildman–Crippen LogP) is 5.30. The Balaban J connectivity index is 1.57. The van der Waals surface area contributed by atoms with E-state index in [4.69, 9.17) is 4.74 Å². The van der Waals surface area contributed by atoms with Gasteiger partial charge in [0, 0.05) is 22.6 Å². The smallest absolute Gasteiger partial charge is 0.156 e. The Labute approximate surface area is 187 Å². The van der Waals surface area contributed by atoms with Gasteiger partial charge in [-0.1, -0.05) is 15.9 Å². The molecule has 158 valence electrons. The van der Waals surface area contributed by atoms with Crippen LogP contribution in [0.4, 0.5) is 15.9 Å². The van der Waals surface area contributed by atoms with E-state index in [9.17, 15) is 0 Å². The molecule has 1 saturated heterocycles. The molecule has 1 atom stereocenters. The number of piperidine rings is 1. The molecule has 4 aromatic rings. The SMILES string of the molecule is CN1CCC[C@@H](Oc2cc(Br)cc3ncnc(Nc4ccc5ncccc5c4F)c23)C1. The van der Waals surface area contributed by atoms with E-state index in [-0.39, 0.29) is 11.9 Å². The lowest BCUT2D eigenvalue weighted by molar-refractivity contribution is 0.105. The van der Waals surface area contributed by atoms with Crippen molar-refractivity contribution in [1.82, 2.24) is 19.9 Å². The number of anilines is 2. The molecule has 8 heteroatoms. The number of hydrogen-bond acceptors (Lipinski definition) is 6. The molecule has 2 aromatic carbocycles. The predicted molar refractivity (Wildman–Crippen MR) is 123 cm³/mol. The van der Waals surface area contributed by atoms with Crippen molar-refractivity contribution in [2.45, 2.75) is 18.9 Å². The van der Waals surface area contributed by atoms with Crippen LogP contribution in [0.1, 0.15) is 12.8 Å². The van der Waals surface area contributed by atoms with Crippen LogP contribution in [-0.2, 0) is 0 Å². The minimum atomic E-state index is -0.370. The van der Waals surface area contributed by atoms with Gasteiger partial charge in [-0.2, -0.15) is 0 Å². The van der Waals surface area contributed by atoms with Crippen molar-refractivity contribution in [3.05, 3.63) is 59.2 Å². The number of benzene rings is 2. The number of ether oxygens (including phenoxy) is 1. The van der Waals surface area contributed by atoms with E-state index < -0.39 is 0 Å². The topological polar surface area (TPSA) is 63.2 Å². The molecule has 0 aliphatic carbocycles. The molecule has 1 aliphatic heterocycles. The van der Waals surface area contributed by atoms with Crippen LogP contribution in [0.3, 0.4) is 0 Å². The fraction of sp³-hybridized carbons (Fsp3) is 0.261. The average Bonchev–Trinajstić information content (AvgIpc) is 2.76. The van der Waals surface area contributed by atoms with Gasteiger partial charge in [-0.25, -0.2) is 14.4 Å². The van der Waals surface area contributed by atoms with Crippen LogP contribution < -0.4 is 10.1 Å². The van der Waals surface area contributed by atoms with Crippen LogP contribution in [0.15, 0.2) is 53.4 Å². The molecule has 2 aromatic heterocycles. The van der Waals surface area contributed by atoms with Crippen LogP contribution in [0, 0.1) is 5.82 Å². The first-order valence-corrected chi connectivity index (χ1v) is 11.0. The van der Waals surface area contributed by atoms with Gasteiger partial charge in [0.15, 0.2) is 5.82 Å². The van der Waals surface area contributed by atoms with Crippen molar-refractivity contribution in [2.24, 2.45) is 0 Å². The van der Waals surface area contributed by atoms with Crippen LogP contribution in [0.25, 0.3) is 21.8 Å². The first-order valence-electron chi connectivity index (χ1n) is 10.2. The summed E-state index contributed by atoms with van der Waals surface area (Å²) in [5.74, 6) is 0.806. The van der Waals surface area contributed by atoms with Crippen molar-refractivity contribution >= 4 is 49.2 Å². The molecule has 31 heavy (non-hydrogen) atoms. The summed E-state index contributed by atoms with van der Waals surface area (Å²) in [6.07, 6.45) is 5.27. The maximum Gasteiger partial charge on any atom is 0.156 e. The molecule has 0 spiro atoms. The van der Waals surface area contributed by atoms with Gasteiger partial charge in [0.2, 0.25) is 0 Å². The molecule has 1 aliphatic rings. The summed E-state index contributed by atoms with van der Waals surface area (Å²) in [4.78, 5) is 15.3. The number of nitrogens with zero attached hydrogens (tertiary/aromatic N) is 4. The summed E-state index contributed by atoms with van der Waals surface area (Å²) in [7, 11) is 2.10. The van der Waals surface area contributed by atoms with Crippen LogP contribution in [-0.4, -0.2) is 46.1 Å². The van der Waals surface area contributed by atoms with E-state index in [0.29, 0.717) is 33.7 Å². The molecule has 6 nitrogen and oxygen atoms in total. The highest BCUT2D eigenvalue weighted by molar-refractivity contribution is 9.10. The molecule has 1 N–H and O–H groups in total. The number of likely N-dealkylation sites (N-methyl/N-ethyl adjacent to an activating group) is 1. The molecule has 0 bridgehead atoms. The van der Waals surface area contributed by atoms with Crippen LogP contribution >= 0.6 is 15.9 Å². The molecule has 5 rings (SSSR count). The Kier molecular flexibility index (Phi) is 5.41. The third kappa shape index (κ3) is 4.05. The van der Waals surface area contributed by atoms with E-state index >= 15 is 4.39 Å². The quantitative estimate of drug-likeness (QED) is 0.426. The van der Waals surface area contributed by atoms with E-state index in [0.717, 1.165) is 35.8 Å². The number of fused-ring (bicyclic) bond motifs is 2. The number of nitrogens with one attached hydrogen (secondary N) is 1. The minimum Gasteiger partial charge on any atom is -0.488 e. The minimum absolute atomic E-state index is 0.0767. The largest absolute Gasteiger partial charge is 0.488 e. The van der Waals surface area contributed by atoms with Crippen molar-refractivity contribution in [1.29, 1.82) is 0 Å². The summed E-state index contributed by atoms with van der Waals surface area (Å²) < 4.78 is 22.4. The van der Waals surface area contributed by atoms with Crippen molar-refractivity contribution < 1.29 is 9.13 Å². The average molecular weight is 482 g/mol. The second-order valence-electron chi connectivity index (χ2n) is 7.79. The first-order chi connectivity index (χ1) is 15.1. The lowest BCUT2D eigenvalue weighted by Crippen LogP contribution is -2.38. The summed E-state index contributed by atoms with van der Waals surface area (Å²) in [5, 5.41) is 4.33. The molecular formula is C23H21BrFN5O. The van der Waals surface area contributed by atoms with Gasteiger partial charge in [0.1, 0.15) is 24.0 Å². The number of likely N-dealkylation sites (tertiary alicyclic amines) is 1. The van der Waals surface area contributed by atoms with E-state index in [1.54, 1.807) is 30.5 Å². The van der Waals surface area contributed by atoms with Crippen molar-refractivity contribution in [3.63, 3.8) is 0 Å². The molecule has 0 amide bonds. The number of rotatable bonds is 4. The van der Waals surface area contributed by atoms with Gasteiger partial charge in [-0.3, -0.25) is 4.98 Å². The molecular weight excluding hydrogens is 461 g/mol. The Morgan fingerprint density at radius 3 is 2.94 bits per heavy atom. The van der Waals surface area contributed by atoms with Crippen molar-refractivity contribution in [3.8, 4) is 5.75 Å². The molecule has 1 fully saturated rings. The van der Waals surface area contributed by atoms with Gasteiger partial charge in [-0.15, -0.1) is 0 Å². The summed E-state index contributed by atoms with van der Waals surface area (Å²) >= 11 is 3.55. The fourth-order valence-electron chi connectivity index (χ4n) is 4.04. The third-order valence-electron chi connectivity index (χ3n) is 5.51. The van der Waals surface area contributed by atoms with E-state index in [2.05, 4.69) is 48.1 Å². The molecule has 3 heterocycles. The van der Waals surface area contributed by atoms with Gasteiger partial charge in [0.25, 0.3) is 0 Å². The highest BCUT2D eigenvalue weighted by Crippen LogP contribution is 2.36. The summed E-state index contributed by atoms with van der Waals surface area (Å²) in [6, 6.07) is 10.7. The standard InChI is InChI=1S/C23H21BrFN5O/c1-30-9-3-4-15(12-30)31-20-11-14(24)10-19-21(20)23(28-13-27-19)29-18-7-6-17-16(22(18)25)5-2-8-26-17/h2,5-8,10-11,13,15H,3-4,9,12H2,1H3,(H,27,28,29)/t15-/m1/s1. The van der Waals surface area contributed by atoms with Crippen LogP contribution in [0.5, 0.6) is 5.75 Å². The summed E-state index contributed by atoms with van der Waals surface area (Å²) in [6.45, 7) is 1.93. The van der Waals surface area contributed by atoms with Crippen LogP contribution in [0.2, 0.25) is 0 Å².